The first-order valence-electron chi connectivity index (χ1n) is 7.80. The van der Waals surface area contributed by atoms with Gasteiger partial charge in [-0.3, -0.25) is 9.89 Å². The molecule has 6 heteroatoms. The van der Waals surface area contributed by atoms with Gasteiger partial charge in [-0.2, -0.15) is 0 Å². The largest absolute Gasteiger partial charge is 0.392 e. The number of nitrogens with one attached hydrogen (secondary N) is 2. The lowest BCUT2D eigenvalue weighted by Crippen LogP contribution is -2.40. The van der Waals surface area contributed by atoms with E-state index in [4.69, 9.17) is 0 Å². The molecule has 1 unspecified atom stereocenters. The van der Waals surface area contributed by atoms with Crippen molar-refractivity contribution in [2.45, 2.75) is 32.0 Å². The lowest BCUT2D eigenvalue weighted by atomic mass is 10.1. The SMILES string of the molecule is I.OC1CCN(Cc2ccccc2CNC2=NCCCN2)C1. The van der Waals surface area contributed by atoms with Crippen molar-refractivity contribution in [2.24, 2.45) is 4.99 Å². The third kappa shape index (κ3) is 4.82. The van der Waals surface area contributed by atoms with E-state index in [0.29, 0.717) is 0 Å². The molecular weight excluding hydrogens is 391 g/mol. The first-order valence-corrected chi connectivity index (χ1v) is 7.80. The normalized spacial score (nSPS) is 21.7. The van der Waals surface area contributed by atoms with Gasteiger partial charge in [-0.25, -0.2) is 0 Å². The Morgan fingerprint density at radius 2 is 2.14 bits per heavy atom. The molecule has 0 aliphatic carbocycles. The fraction of sp³-hybridized carbons (Fsp3) is 0.562. The van der Waals surface area contributed by atoms with Gasteiger partial charge in [0.15, 0.2) is 5.96 Å². The molecule has 0 bridgehead atoms. The molecular formula is C16H25IN4O. The van der Waals surface area contributed by atoms with Gasteiger partial charge in [0, 0.05) is 39.3 Å². The molecule has 22 heavy (non-hydrogen) atoms. The van der Waals surface area contributed by atoms with Gasteiger partial charge in [0.05, 0.1) is 6.10 Å². The van der Waals surface area contributed by atoms with Crippen LogP contribution in [0.1, 0.15) is 24.0 Å². The minimum absolute atomic E-state index is 0. The molecule has 3 rings (SSSR count). The topological polar surface area (TPSA) is 59.9 Å². The molecule has 0 amide bonds. The van der Waals surface area contributed by atoms with E-state index >= 15 is 0 Å². The Kier molecular flexibility index (Phi) is 6.91. The van der Waals surface area contributed by atoms with Crippen LogP contribution in [0, 0.1) is 0 Å². The van der Waals surface area contributed by atoms with E-state index in [-0.39, 0.29) is 30.1 Å². The van der Waals surface area contributed by atoms with Crippen molar-refractivity contribution in [3.63, 3.8) is 0 Å². The van der Waals surface area contributed by atoms with Crippen molar-refractivity contribution in [1.29, 1.82) is 0 Å². The van der Waals surface area contributed by atoms with Crippen LogP contribution in [0.25, 0.3) is 0 Å². The number of guanidine groups is 1. The van der Waals surface area contributed by atoms with E-state index in [1.807, 2.05) is 0 Å². The number of benzene rings is 1. The highest BCUT2D eigenvalue weighted by Gasteiger charge is 2.20. The van der Waals surface area contributed by atoms with Gasteiger partial charge in [-0.05, 0) is 24.0 Å². The van der Waals surface area contributed by atoms with Crippen molar-refractivity contribution >= 4 is 29.9 Å². The molecule has 1 atom stereocenters. The second-order valence-corrected chi connectivity index (χ2v) is 5.81. The zero-order chi connectivity index (χ0) is 14.5. The van der Waals surface area contributed by atoms with E-state index in [9.17, 15) is 5.11 Å². The van der Waals surface area contributed by atoms with E-state index in [1.54, 1.807) is 0 Å². The lowest BCUT2D eigenvalue weighted by Gasteiger charge is -2.20. The summed E-state index contributed by atoms with van der Waals surface area (Å²) in [6.45, 7) is 5.38. The van der Waals surface area contributed by atoms with Crippen LogP contribution in [0.2, 0.25) is 0 Å². The van der Waals surface area contributed by atoms with Gasteiger partial charge >= 0.3 is 0 Å². The van der Waals surface area contributed by atoms with Crippen molar-refractivity contribution in [3.05, 3.63) is 35.4 Å². The molecule has 2 heterocycles. The number of likely N-dealkylation sites (tertiary alicyclic amines) is 1. The smallest absolute Gasteiger partial charge is 0.191 e. The second kappa shape index (κ2) is 8.69. The van der Waals surface area contributed by atoms with Crippen LogP contribution in [0.3, 0.4) is 0 Å². The third-order valence-corrected chi connectivity index (χ3v) is 4.10. The van der Waals surface area contributed by atoms with E-state index in [1.165, 1.54) is 11.1 Å². The highest BCUT2D eigenvalue weighted by molar-refractivity contribution is 14.0. The molecule has 5 nitrogen and oxygen atoms in total. The number of nitrogens with zero attached hydrogens (tertiary/aromatic N) is 2. The number of hydrogen-bond acceptors (Lipinski definition) is 5. The van der Waals surface area contributed by atoms with Crippen molar-refractivity contribution in [2.75, 3.05) is 26.2 Å². The molecule has 1 fully saturated rings. The fourth-order valence-electron chi connectivity index (χ4n) is 2.91. The molecule has 0 spiro atoms. The molecule has 0 radical (unpaired) electrons. The standard InChI is InChI=1S/C16H24N4O.HI/c21-15-6-9-20(12-15)11-14-5-2-1-4-13(14)10-19-16-17-7-3-8-18-16;/h1-2,4-5,15,21H,3,6-12H2,(H2,17,18,19);1H. The zero-order valence-electron chi connectivity index (χ0n) is 12.8. The molecule has 1 saturated heterocycles. The highest BCUT2D eigenvalue weighted by Crippen LogP contribution is 2.16. The van der Waals surface area contributed by atoms with Gasteiger partial charge in [0.2, 0.25) is 0 Å². The molecule has 1 aromatic carbocycles. The first kappa shape index (κ1) is 17.5. The maximum Gasteiger partial charge on any atom is 0.191 e. The highest BCUT2D eigenvalue weighted by atomic mass is 127. The fourth-order valence-corrected chi connectivity index (χ4v) is 2.91. The monoisotopic (exact) mass is 416 g/mol. The van der Waals surface area contributed by atoms with Crippen LogP contribution in [0.4, 0.5) is 0 Å². The van der Waals surface area contributed by atoms with Gasteiger partial charge < -0.3 is 15.7 Å². The molecule has 2 aliphatic rings. The summed E-state index contributed by atoms with van der Waals surface area (Å²) in [5.74, 6) is 0.910. The summed E-state index contributed by atoms with van der Waals surface area (Å²) in [6.07, 6.45) is 1.84. The molecule has 1 aromatic rings. The maximum atomic E-state index is 9.64. The van der Waals surface area contributed by atoms with Gasteiger partial charge in [-0.1, -0.05) is 24.3 Å². The number of hydrogen-bond donors (Lipinski definition) is 3. The van der Waals surface area contributed by atoms with Crippen LogP contribution in [0.15, 0.2) is 29.3 Å². The van der Waals surface area contributed by atoms with Crippen LogP contribution in [-0.2, 0) is 13.1 Å². The van der Waals surface area contributed by atoms with Crippen LogP contribution in [-0.4, -0.2) is 48.2 Å². The number of aliphatic hydroxyl groups is 1. The number of aliphatic hydroxyl groups excluding tert-OH is 1. The summed E-state index contributed by atoms with van der Waals surface area (Å²) in [4.78, 5) is 6.76. The predicted octanol–water partition coefficient (Wildman–Crippen LogP) is 1.31. The average molecular weight is 416 g/mol. The number of aliphatic imine (C=N–C) groups is 1. The first-order chi connectivity index (χ1) is 10.3. The zero-order valence-corrected chi connectivity index (χ0v) is 15.1. The summed E-state index contributed by atoms with van der Waals surface area (Å²) in [5, 5.41) is 16.3. The average Bonchev–Trinajstić information content (AvgIpc) is 2.93. The summed E-state index contributed by atoms with van der Waals surface area (Å²) >= 11 is 0. The molecule has 0 aromatic heterocycles. The third-order valence-electron chi connectivity index (χ3n) is 4.10. The summed E-state index contributed by atoms with van der Waals surface area (Å²) in [6, 6.07) is 8.51. The predicted molar refractivity (Wildman–Crippen MR) is 99.5 cm³/mol. The number of β-amino-alcohol motifs (C(OH)–C–C–N with tert-alkyl or cyclic N) is 1. The maximum absolute atomic E-state index is 9.64. The molecule has 122 valence electrons. The molecule has 0 saturated carbocycles. The minimum atomic E-state index is -0.156. The Hall–Kier alpha value is -0.860. The number of halogens is 1. The molecule has 3 N–H and O–H groups in total. The Morgan fingerprint density at radius 3 is 2.82 bits per heavy atom. The van der Waals surface area contributed by atoms with Crippen molar-refractivity contribution in [3.8, 4) is 0 Å². The lowest BCUT2D eigenvalue weighted by molar-refractivity contribution is 0.174. The Balaban J connectivity index is 0.00000176. The van der Waals surface area contributed by atoms with Crippen LogP contribution >= 0.6 is 24.0 Å². The van der Waals surface area contributed by atoms with Gasteiger partial charge in [0.25, 0.3) is 0 Å². The summed E-state index contributed by atoms with van der Waals surface area (Å²) < 4.78 is 0. The van der Waals surface area contributed by atoms with E-state index in [0.717, 1.165) is 58.1 Å². The second-order valence-electron chi connectivity index (χ2n) is 5.81. The Morgan fingerprint density at radius 1 is 1.32 bits per heavy atom. The van der Waals surface area contributed by atoms with Crippen LogP contribution < -0.4 is 10.6 Å². The number of rotatable bonds is 4. The molecule has 2 aliphatic heterocycles. The Bertz CT molecular complexity index is 509. The summed E-state index contributed by atoms with van der Waals surface area (Å²) in [5.41, 5.74) is 2.63. The summed E-state index contributed by atoms with van der Waals surface area (Å²) in [7, 11) is 0. The minimum Gasteiger partial charge on any atom is -0.392 e. The van der Waals surface area contributed by atoms with Gasteiger partial charge in [-0.15, -0.1) is 24.0 Å². The quantitative estimate of drug-likeness (QED) is 0.648. The van der Waals surface area contributed by atoms with Gasteiger partial charge in [0.1, 0.15) is 0 Å². The van der Waals surface area contributed by atoms with E-state index in [2.05, 4.69) is 44.8 Å². The van der Waals surface area contributed by atoms with E-state index < -0.39 is 0 Å². The van der Waals surface area contributed by atoms with Crippen molar-refractivity contribution < 1.29 is 5.11 Å². The van der Waals surface area contributed by atoms with Crippen LogP contribution in [0.5, 0.6) is 0 Å². The van der Waals surface area contributed by atoms with Crippen molar-refractivity contribution in [1.82, 2.24) is 15.5 Å². The Labute approximate surface area is 149 Å².